The molecule has 1 N–H and O–H groups in total. The molecule has 3 aromatic rings. The number of rotatable bonds is 3. The van der Waals surface area contributed by atoms with Crippen molar-refractivity contribution in [1.82, 2.24) is 4.98 Å². The summed E-state index contributed by atoms with van der Waals surface area (Å²) in [6, 6.07) is 18.5. The number of benzene rings is 2. The van der Waals surface area contributed by atoms with Gasteiger partial charge in [-0.3, -0.25) is 0 Å². The summed E-state index contributed by atoms with van der Waals surface area (Å²) in [6.07, 6.45) is 14.1. The molecule has 232 valence electrons. The van der Waals surface area contributed by atoms with Crippen LogP contribution in [0.4, 0.5) is 5.69 Å². The summed E-state index contributed by atoms with van der Waals surface area (Å²) in [7, 11) is 0. The van der Waals surface area contributed by atoms with E-state index in [1.54, 1.807) is 6.20 Å². The second kappa shape index (κ2) is 9.85. The Hall–Kier alpha value is -2.81. The molecule has 2 aromatic carbocycles. The Morgan fingerprint density at radius 3 is 2.71 bits per heavy atom. The second-order valence-electron chi connectivity index (χ2n) is 14.0. The van der Waals surface area contributed by atoms with E-state index < -0.39 is 11.4 Å². The van der Waals surface area contributed by atoms with E-state index in [-0.39, 0.29) is 22.5 Å². The third-order valence-corrected chi connectivity index (χ3v) is 12.6. The van der Waals surface area contributed by atoms with E-state index in [1.165, 1.54) is 11.1 Å². The Morgan fingerprint density at radius 1 is 1.02 bits per heavy atom. The maximum absolute atomic E-state index is 7.53. The minimum Gasteiger partial charge on any atom is -0.459 e. The van der Waals surface area contributed by atoms with Crippen LogP contribution in [0.25, 0.3) is 10.8 Å². The number of nitrogens with one attached hydrogen (secondary N) is 1. The van der Waals surface area contributed by atoms with Gasteiger partial charge in [-0.05, 0) is 104 Å². The van der Waals surface area contributed by atoms with Crippen LogP contribution in [0.15, 0.2) is 84.1 Å². The van der Waals surface area contributed by atoms with E-state index in [0.29, 0.717) is 23.5 Å². The Labute approximate surface area is 274 Å². The Balaban J connectivity index is 1.17. The number of hydrogen-bond donors (Lipinski definition) is 1. The van der Waals surface area contributed by atoms with Gasteiger partial charge in [0.2, 0.25) is 0 Å². The van der Waals surface area contributed by atoms with Crippen molar-refractivity contribution in [3.63, 3.8) is 0 Å². The number of nitrogens with zero attached hydrogens (tertiary/aromatic N) is 1. The number of pyridine rings is 1. The van der Waals surface area contributed by atoms with Crippen molar-refractivity contribution < 1.29 is 18.9 Å². The van der Waals surface area contributed by atoms with Gasteiger partial charge in [-0.15, -0.1) is 0 Å². The standard InChI is InChI=1S/C37H37ClN2O4S/c1-33-15-10-25-23-30-34(13-5-14-37(30)41-20-21-42-37)17-18-35(25,44-34)29(33)11-16-36(33,43-32(45)40-27-6-3-2-4-7-27)26-9-8-24-12-19-39-31(38)28(24)22-26/h2-4,6-10,12,19,22-23,29H,5,11,13-18,20-21H2,1H3,(H,40,45)/t29-,33+,34+,35-,36-/m1/s1. The molecule has 45 heavy (non-hydrogen) atoms. The van der Waals surface area contributed by atoms with E-state index in [1.807, 2.05) is 36.4 Å². The summed E-state index contributed by atoms with van der Waals surface area (Å²) in [5, 5.41) is 6.20. The predicted octanol–water partition coefficient (Wildman–Crippen LogP) is 8.40. The first-order chi connectivity index (χ1) is 21.8. The van der Waals surface area contributed by atoms with Gasteiger partial charge in [-0.1, -0.05) is 54.9 Å². The number of anilines is 1. The molecule has 4 heterocycles. The van der Waals surface area contributed by atoms with Crippen molar-refractivity contribution in [2.45, 2.75) is 80.9 Å². The molecular weight excluding hydrogens is 604 g/mol. The lowest BCUT2D eigenvalue weighted by molar-refractivity contribution is -0.205. The summed E-state index contributed by atoms with van der Waals surface area (Å²) in [6.45, 7) is 3.67. The summed E-state index contributed by atoms with van der Waals surface area (Å²) in [5.41, 5.74) is 2.73. The zero-order chi connectivity index (χ0) is 30.5. The summed E-state index contributed by atoms with van der Waals surface area (Å²) in [5.74, 6) is -0.405. The maximum atomic E-state index is 7.53. The fraction of sp³-hybridized carbons (Fsp3) is 0.459. The molecule has 2 bridgehead atoms. The van der Waals surface area contributed by atoms with Gasteiger partial charge in [0.05, 0.1) is 24.4 Å². The molecule has 3 aliphatic heterocycles. The normalized spacial score (nSPS) is 35.7. The topological polar surface area (TPSA) is 61.8 Å². The van der Waals surface area contributed by atoms with Gasteiger partial charge >= 0.3 is 0 Å². The van der Waals surface area contributed by atoms with Crippen LogP contribution in [0.1, 0.15) is 63.9 Å². The minimum absolute atomic E-state index is 0.227. The zero-order valence-electron chi connectivity index (χ0n) is 25.4. The Kier molecular flexibility index (Phi) is 6.22. The van der Waals surface area contributed by atoms with Gasteiger partial charge in [-0.2, -0.15) is 0 Å². The quantitative estimate of drug-likeness (QED) is 0.228. The van der Waals surface area contributed by atoms with E-state index in [0.717, 1.165) is 73.4 Å². The number of para-hydroxylation sites is 1. The van der Waals surface area contributed by atoms with Gasteiger partial charge in [0.25, 0.3) is 5.17 Å². The average molecular weight is 641 g/mol. The molecule has 6 nitrogen and oxygen atoms in total. The molecule has 5 atom stereocenters. The molecule has 4 fully saturated rings. The Morgan fingerprint density at radius 2 is 1.87 bits per heavy atom. The van der Waals surface area contributed by atoms with Crippen LogP contribution in [0.2, 0.25) is 5.15 Å². The number of ether oxygens (including phenoxy) is 4. The van der Waals surface area contributed by atoms with Crippen LogP contribution in [0.5, 0.6) is 0 Å². The number of fused-ring (bicyclic) bond motifs is 3. The average Bonchev–Trinajstić information content (AvgIpc) is 3.72. The van der Waals surface area contributed by atoms with Crippen molar-refractivity contribution in [2.24, 2.45) is 11.3 Å². The highest BCUT2D eigenvalue weighted by Crippen LogP contribution is 2.72. The van der Waals surface area contributed by atoms with E-state index in [4.69, 9.17) is 42.8 Å². The van der Waals surface area contributed by atoms with Crippen molar-refractivity contribution in [3.8, 4) is 0 Å². The van der Waals surface area contributed by atoms with Crippen molar-refractivity contribution in [1.29, 1.82) is 0 Å². The lowest BCUT2D eigenvalue weighted by Crippen LogP contribution is -2.59. The second-order valence-corrected chi connectivity index (χ2v) is 14.7. The van der Waals surface area contributed by atoms with Crippen molar-refractivity contribution >= 4 is 45.5 Å². The van der Waals surface area contributed by atoms with Crippen LogP contribution in [-0.4, -0.2) is 40.4 Å². The van der Waals surface area contributed by atoms with Crippen molar-refractivity contribution in [2.75, 3.05) is 18.5 Å². The first kappa shape index (κ1) is 28.4. The van der Waals surface area contributed by atoms with Gasteiger partial charge in [0, 0.05) is 40.6 Å². The number of allylic oxidation sites excluding steroid dienone is 1. The van der Waals surface area contributed by atoms with Gasteiger partial charge in [0.1, 0.15) is 10.8 Å². The van der Waals surface area contributed by atoms with Crippen molar-refractivity contribution in [3.05, 3.63) is 94.8 Å². The molecule has 0 amide bonds. The first-order valence-electron chi connectivity index (χ1n) is 16.3. The Bertz CT molecular complexity index is 1790. The molecule has 2 saturated carbocycles. The monoisotopic (exact) mass is 640 g/mol. The highest BCUT2D eigenvalue weighted by atomic mass is 35.5. The van der Waals surface area contributed by atoms with E-state index in [9.17, 15) is 0 Å². The molecule has 1 aromatic heterocycles. The third-order valence-electron chi connectivity index (χ3n) is 12.1. The van der Waals surface area contributed by atoms with Crippen LogP contribution in [0, 0.1) is 11.3 Å². The molecule has 0 unspecified atom stereocenters. The highest BCUT2D eigenvalue weighted by molar-refractivity contribution is 7.80. The number of thiocarbonyl (C=S) groups is 1. The number of aromatic nitrogens is 1. The number of hydrogen-bond acceptors (Lipinski definition) is 6. The maximum Gasteiger partial charge on any atom is 0.262 e. The summed E-state index contributed by atoms with van der Waals surface area (Å²) < 4.78 is 27.4. The smallest absolute Gasteiger partial charge is 0.262 e. The lowest BCUT2D eigenvalue weighted by Gasteiger charge is -2.57. The fourth-order valence-corrected chi connectivity index (χ4v) is 10.6. The highest BCUT2D eigenvalue weighted by Gasteiger charge is 2.73. The summed E-state index contributed by atoms with van der Waals surface area (Å²) in [4.78, 5) is 4.39. The van der Waals surface area contributed by atoms with Crippen LogP contribution >= 0.6 is 23.8 Å². The molecule has 3 spiro atoms. The minimum atomic E-state index is -0.713. The third kappa shape index (κ3) is 3.85. The molecular formula is C37H37ClN2O4S. The van der Waals surface area contributed by atoms with Crippen LogP contribution in [0.3, 0.4) is 0 Å². The van der Waals surface area contributed by atoms with Gasteiger partial charge in [-0.25, -0.2) is 4.98 Å². The lowest BCUT2D eigenvalue weighted by atomic mass is 9.56. The molecule has 9 rings (SSSR count). The zero-order valence-corrected chi connectivity index (χ0v) is 27.0. The molecule has 3 aliphatic carbocycles. The SMILES string of the molecule is C[C@]12CC=C3C=C4C5(CCC[C@]46CC[C@]3(O6)[C@@H]1CC[C@@]2(OC(=S)Nc1ccccc1)c1ccc2ccnc(Cl)c2c1)OCCO5. The largest absolute Gasteiger partial charge is 0.459 e. The van der Waals surface area contributed by atoms with Crippen LogP contribution < -0.4 is 5.32 Å². The van der Waals surface area contributed by atoms with E-state index in [2.05, 4.69) is 47.6 Å². The van der Waals surface area contributed by atoms with Gasteiger partial charge < -0.3 is 24.3 Å². The fourth-order valence-electron chi connectivity index (χ4n) is 10.1. The molecule has 8 heteroatoms. The predicted molar refractivity (Wildman–Crippen MR) is 178 cm³/mol. The number of halogens is 1. The first-order valence-corrected chi connectivity index (χ1v) is 17.1. The molecule has 2 saturated heterocycles. The molecule has 0 radical (unpaired) electrons. The van der Waals surface area contributed by atoms with E-state index >= 15 is 0 Å². The van der Waals surface area contributed by atoms with Gasteiger partial charge in [0.15, 0.2) is 5.79 Å². The van der Waals surface area contributed by atoms with Crippen LogP contribution in [-0.2, 0) is 24.5 Å². The summed E-state index contributed by atoms with van der Waals surface area (Å²) >= 11 is 12.6. The molecule has 6 aliphatic rings.